The molecule has 18 heavy (non-hydrogen) atoms. The lowest BCUT2D eigenvalue weighted by Crippen LogP contribution is -2.04. The van der Waals surface area contributed by atoms with Gasteiger partial charge in [0.25, 0.3) is 0 Å². The van der Waals surface area contributed by atoms with Crippen molar-refractivity contribution in [2.45, 2.75) is 18.4 Å². The molecule has 1 heterocycles. The van der Waals surface area contributed by atoms with Crippen molar-refractivity contribution in [3.05, 3.63) is 36.0 Å². The Balaban J connectivity index is 2.29. The first-order valence-corrected chi connectivity index (χ1v) is 5.82. The van der Waals surface area contributed by atoms with Crippen LogP contribution in [0.2, 0.25) is 0 Å². The minimum Gasteiger partial charge on any atom is -0.494 e. The number of hydrogen-bond donors (Lipinski definition) is 0. The van der Waals surface area contributed by atoms with Gasteiger partial charge in [0.05, 0.1) is 12.6 Å². The molecule has 4 heteroatoms. The third-order valence-electron chi connectivity index (χ3n) is 3.44. The minimum atomic E-state index is -0.380. The lowest BCUT2D eigenvalue weighted by atomic mass is 9.99. The SMILES string of the molecule is COc1ccc(C2(N=C=O)CC2)c2cccnc12. The van der Waals surface area contributed by atoms with Crippen LogP contribution in [0.1, 0.15) is 18.4 Å². The third-order valence-corrected chi connectivity index (χ3v) is 3.44. The molecule has 1 aliphatic carbocycles. The Morgan fingerprint density at radius 2 is 2.22 bits per heavy atom. The summed E-state index contributed by atoms with van der Waals surface area (Å²) in [5.74, 6) is 0.736. The van der Waals surface area contributed by atoms with Gasteiger partial charge in [-0.3, -0.25) is 4.98 Å². The summed E-state index contributed by atoms with van der Waals surface area (Å²) in [7, 11) is 1.62. The molecular formula is C14H12N2O2. The summed E-state index contributed by atoms with van der Waals surface area (Å²) in [6, 6.07) is 7.72. The summed E-state index contributed by atoms with van der Waals surface area (Å²) < 4.78 is 5.31. The van der Waals surface area contributed by atoms with Crippen LogP contribution in [0, 0.1) is 0 Å². The van der Waals surface area contributed by atoms with Crippen LogP contribution in [-0.2, 0) is 10.3 Å². The molecule has 1 aromatic heterocycles. The molecule has 1 aliphatic rings. The molecule has 0 unspecified atom stereocenters. The molecule has 0 amide bonds. The van der Waals surface area contributed by atoms with Crippen LogP contribution in [0.15, 0.2) is 35.5 Å². The minimum absolute atomic E-state index is 0.380. The van der Waals surface area contributed by atoms with Crippen LogP contribution in [-0.4, -0.2) is 18.2 Å². The van der Waals surface area contributed by atoms with Crippen molar-refractivity contribution in [1.29, 1.82) is 0 Å². The van der Waals surface area contributed by atoms with E-state index in [-0.39, 0.29) is 5.54 Å². The summed E-state index contributed by atoms with van der Waals surface area (Å²) in [4.78, 5) is 18.9. The number of carbonyl (C=O) groups excluding carboxylic acids is 1. The van der Waals surface area contributed by atoms with Gasteiger partial charge in [0.15, 0.2) is 0 Å². The maximum Gasteiger partial charge on any atom is 0.235 e. The fourth-order valence-corrected chi connectivity index (χ4v) is 2.36. The Labute approximate surface area is 104 Å². The van der Waals surface area contributed by atoms with E-state index in [2.05, 4.69) is 9.98 Å². The van der Waals surface area contributed by atoms with E-state index >= 15 is 0 Å². The average Bonchev–Trinajstić information content (AvgIpc) is 3.18. The van der Waals surface area contributed by atoms with E-state index in [1.54, 1.807) is 19.4 Å². The monoisotopic (exact) mass is 240 g/mol. The molecule has 0 atom stereocenters. The van der Waals surface area contributed by atoms with Crippen LogP contribution in [0.3, 0.4) is 0 Å². The van der Waals surface area contributed by atoms with Crippen molar-refractivity contribution in [1.82, 2.24) is 4.98 Å². The summed E-state index contributed by atoms with van der Waals surface area (Å²) in [5.41, 5.74) is 1.47. The number of methoxy groups -OCH3 is 1. The second-order valence-electron chi connectivity index (χ2n) is 4.45. The second-order valence-corrected chi connectivity index (χ2v) is 4.45. The predicted octanol–water partition coefficient (Wildman–Crippen LogP) is 2.57. The molecule has 1 aromatic carbocycles. The van der Waals surface area contributed by atoms with Crippen LogP contribution in [0.25, 0.3) is 10.9 Å². The van der Waals surface area contributed by atoms with Crippen molar-refractivity contribution in [3.63, 3.8) is 0 Å². The Bertz CT molecular complexity index is 656. The van der Waals surface area contributed by atoms with Gasteiger partial charge in [-0.15, -0.1) is 0 Å². The molecule has 0 saturated heterocycles. The molecule has 4 nitrogen and oxygen atoms in total. The number of rotatable bonds is 3. The molecule has 90 valence electrons. The summed E-state index contributed by atoms with van der Waals surface area (Å²) in [5, 5.41) is 0.994. The van der Waals surface area contributed by atoms with E-state index in [0.717, 1.165) is 35.1 Å². The average molecular weight is 240 g/mol. The number of benzene rings is 1. The summed E-state index contributed by atoms with van der Waals surface area (Å²) >= 11 is 0. The van der Waals surface area contributed by atoms with Crippen molar-refractivity contribution in [2.24, 2.45) is 4.99 Å². The number of aromatic nitrogens is 1. The first kappa shape index (κ1) is 10.9. The van der Waals surface area contributed by atoms with Gasteiger partial charge in [0.1, 0.15) is 11.3 Å². The highest BCUT2D eigenvalue weighted by molar-refractivity contribution is 5.88. The Kier molecular flexibility index (Phi) is 2.39. The lowest BCUT2D eigenvalue weighted by molar-refractivity contribution is 0.418. The van der Waals surface area contributed by atoms with Gasteiger partial charge in [-0.05, 0) is 30.5 Å². The Morgan fingerprint density at radius 1 is 1.39 bits per heavy atom. The van der Waals surface area contributed by atoms with Gasteiger partial charge in [-0.25, -0.2) is 4.79 Å². The van der Waals surface area contributed by atoms with Crippen molar-refractivity contribution in [3.8, 4) is 5.75 Å². The standard InChI is InChI=1S/C14H12N2O2/c1-18-12-5-4-11(14(6-7-14)16-9-17)10-3-2-8-15-13(10)12/h2-5,8H,6-7H2,1H3. The van der Waals surface area contributed by atoms with Crippen molar-refractivity contribution >= 4 is 17.0 Å². The summed E-state index contributed by atoms with van der Waals surface area (Å²) in [6.07, 6.45) is 5.19. The highest BCUT2D eigenvalue weighted by Gasteiger charge is 2.46. The molecule has 1 fully saturated rings. The number of nitrogens with zero attached hydrogens (tertiary/aromatic N) is 2. The zero-order valence-corrected chi connectivity index (χ0v) is 10.0. The number of fused-ring (bicyclic) bond motifs is 1. The van der Waals surface area contributed by atoms with E-state index in [1.807, 2.05) is 24.3 Å². The van der Waals surface area contributed by atoms with Gasteiger partial charge < -0.3 is 4.74 Å². The number of aliphatic imine (C=N–C) groups is 1. The quantitative estimate of drug-likeness (QED) is 0.612. The molecule has 3 rings (SSSR count). The maximum absolute atomic E-state index is 10.6. The first-order valence-electron chi connectivity index (χ1n) is 5.82. The van der Waals surface area contributed by atoms with E-state index in [1.165, 1.54) is 0 Å². The van der Waals surface area contributed by atoms with Gasteiger partial charge in [-0.1, -0.05) is 12.1 Å². The summed E-state index contributed by atoms with van der Waals surface area (Å²) in [6.45, 7) is 0. The van der Waals surface area contributed by atoms with Crippen LogP contribution < -0.4 is 4.74 Å². The topological polar surface area (TPSA) is 51.5 Å². The van der Waals surface area contributed by atoms with Crippen molar-refractivity contribution < 1.29 is 9.53 Å². The molecule has 0 aliphatic heterocycles. The predicted molar refractivity (Wildman–Crippen MR) is 67.3 cm³/mol. The molecule has 2 aromatic rings. The molecule has 0 bridgehead atoms. The maximum atomic E-state index is 10.6. The van der Waals surface area contributed by atoms with Crippen LogP contribution >= 0.6 is 0 Å². The van der Waals surface area contributed by atoms with Crippen molar-refractivity contribution in [2.75, 3.05) is 7.11 Å². The fourth-order valence-electron chi connectivity index (χ4n) is 2.36. The van der Waals surface area contributed by atoms with E-state index in [4.69, 9.17) is 4.74 Å². The zero-order valence-electron chi connectivity index (χ0n) is 10.0. The van der Waals surface area contributed by atoms with Gasteiger partial charge >= 0.3 is 0 Å². The highest BCUT2D eigenvalue weighted by atomic mass is 16.5. The van der Waals surface area contributed by atoms with Gasteiger partial charge in [0, 0.05) is 11.6 Å². The fraction of sp³-hybridized carbons (Fsp3) is 0.286. The number of pyridine rings is 1. The number of hydrogen-bond acceptors (Lipinski definition) is 4. The van der Waals surface area contributed by atoms with Crippen LogP contribution in [0.4, 0.5) is 0 Å². The number of ether oxygens (including phenoxy) is 1. The van der Waals surface area contributed by atoms with Gasteiger partial charge in [0.2, 0.25) is 6.08 Å². The molecule has 0 radical (unpaired) electrons. The van der Waals surface area contributed by atoms with E-state index in [9.17, 15) is 4.79 Å². The normalized spacial score (nSPS) is 16.1. The van der Waals surface area contributed by atoms with Crippen LogP contribution in [0.5, 0.6) is 5.75 Å². The lowest BCUT2D eigenvalue weighted by Gasteiger charge is -2.13. The van der Waals surface area contributed by atoms with Gasteiger partial charge in [-0.2, -0.15) is 4.99 Å². The van der Waals surface area contributed by atoms with E-state index in [0.29, 0.717) is 0 Å². The second kappa shape index (κ2) is 3.93. The number of isocyanates is 1. The van der Waals surface area contributed by atoms with E-state index < -0.39 is 0 Å². The molecule has 0 N–H and O–H groups in total. The highest BCUT2D eigenvalue weighted by Crippen LogP contribution is 2.51. The zero-order chi connectivity index (χ0) is 12.6. The Hall–Kier alpha value is -2.19. The smallest absolute Gasteiger partial charge is 0.235 e. The first-order chi connectivity index (χ1) is 8.80. The Morgan fingerprint density at radius 3 is 2.89 bits per heavy atom. The molecule has 0 spiro atoms. The third kappa shape index (κ3) is 1.50. The largest absolute Gasteiger partial charge is 0.494 e. The molecular weight excluding hydrogens is 228 g/mol. The molecule has 1 saturated carbocycles.